The molecule has 0 amide bonds. The van der Waals surface area contributed by atoms with E-state index in [0.29, 0.717) is 5.75 Å². The number of rotatable bonds is 2. The van der Waals surface area contributed by atoms with Crippen LogP contribution in [-0.4, -0.2) is 32.8 Å². The Morgan fingerprint density at radius 3 is 2.84 bits per heavy atom. The van der Waals surface area contributed by atoms with E-state index in [-0.39, 0.29) is 5.37 Å². The number of nitrogens with zero attached hydrogens (tertiary/aromatic N) is 1. The fraction of sp³-hybridized carbons (Fsp3) is 0.385. The molecule has 5 nitrogen and oxygen atoms in total. The van der Waals surface area contributed by atoms with Crippen molar-refractivity contribution in [1.82, 2.24) is 15.3 Å². The fourth-order valence-electron chi connectivity index (χ4n) is 2.19. The van der Waals surface area contributed by atoms with Gasteiger partial charge in [-0.3, -0.25) is 10.1 Å². The molecule has 0 saturated carbocycles. The Hall–Kier alpha value is -1.53. The smallest absolute Gasteiger partial charge is 0.321 e. The molecule has 100 valence electrons. The van der Waals surface area contributed by atoms with E-state index in [4.69, 9.17) is 5.11 Å². The third-order valence-electron chi connectivity index (χ3n) is 3.44. The minimum Gasteiger partial charge on any atom is -0.480 e. The Kier molecular flexibility index (Phi) is 2.99. The Labute approximate surface area is 114 Å². The van der Waals surface area contributed by atoms with Crippen molar-refractivity contribution in [1.29, 1.82) is 0 Å². The highest BCUT2D eigenvalue weighted by molar-refractivity contribution is 7.99. The number of hydrogen-bond donors (Lipinski definition) is 3. The van der Waals surface area contributed by atoms with Crippen LogP contribution in [-0.2, 0) is 4.79 Å². The third-order valence-corrected chi connectivity index (χ3v) is 4.66. The molecule has 2 aromatic rings. The number of nitrogens with one attached hydrogen (secondary N) is 2. The van der Waals surface area contributed by atoms with Crippen molar-refractivity contribution in [2.24, 2.45) is 0 Å². The molecule has 2 heterocycles. The number of benzene rings is 1. The maximum absolute atomic E-state index is 10.9. The van der Waals surface area contributed by atoms with E-state index in [1.54, 1.807) is 11.8 Å². The number of imidazole rings is 1. The molecule has 3 N–H and O–H groups in total. The number of aromatic amines is 1. The molecular weight excluding hydrogens is 262 g/mol. The maximum Gasteiger partial charge on any atom is 0.321 e. The van der Waals surface area contributed by atoms with Crippen LogP contribution in [0.15, 0.2) is 12.1 Å². The number of carboxylic acids is 1. The maximum atomic E-state index is 10.9. The van der Waals surface area contributed by atoms with E-state index < -0.39 is 12.0 Å². The van der Waals surface area contributed by atoms with Crippen LogP contribution in [0.25, 0.3) is 11.0 Å². The zero-order valence-electron chi connectivity index (χ0n) is 10.7. The molecule has 1 aliphatic rings. The van der Waals surface area contributed by atoms with E-state index in [1.807, 2.05) is 0 Å². The molecule has 0 aliphatic carbocycles. The number of aromatic nitrogens is 2. The molecule has 1 aromatic heterocycles. The van der Waals surface area contributed by atoms with E-state index >= 15 is 0 Å². The van der Waals surface area contributed by atoms with Crippen LogP contribution >= 0.6 is 11.8 Å². The van der Waals surface area contributed by atoms with E-state index in [2.05, 4.69) is 41.3 Å². The van der Waals surface area contributed by atoms with Crippen molar-refractivity contribution in [3.63, 3.8) is 0 Å². The van der Waals surface area contributed by atoms with Crippen LogP contribution in [0.4, 0.5) is 0 Å². The molecule has 2 unspecified atom stereocenters. The summed E-state index contributed by atoms with van der Waals surface area (Å²) in [6, 6.07) is 3.64. The van der Waals surface area contributed by atoms with Gasteiger partial charge in [-0.05, 0) is 37.1 Å². The van der Waals surface area contributed by atoms with Crippen molar-refractivity contribution < 1.29 is 9.90 Å². The van der Waals surface area contributed by atoms with Gasteiger partial charge in [-0.1, -0.05) is 0 Å². The number of carboxylic acid groups (broad SMARTS) is 1. The highest BCUT2D eigenvalue weighted by Crippen LogP contribution is 2.32. The lowest BCUT2D eigenvalue weighted by Crippen LogP contribution is -2.33. The molecule has 1 aromatic carbocycles. The van der Waals surface area contributed by atoms with Gasteiger partial charge in [0.2, 0.25) is 0 Å². The summed E-state index contributed by atoms with van der Waals surface area (Å²) in [5, 5.41) is 12.0. The number of fused-ring (bicyclic) bond motifs is 1. The summed E-state index contributed by atoms with van der Waals surface area (Å²) in [5.74, 6) is 0.557. The lowest BCUT2D eigenvalue weighted by atomic mass is 10.1. The average molecular weight is 277 g/mol. The largest absolute Gasteiger partial charge is 0.480 e. The first-order valence-electron chi connectivity index (χ1n) is 6.12. The second kappa shape index (κ2) is 4.54. The number of thioether (sulfide) groups is 1. The van der Waals surface area contributed by atoms with Gasteiger partial charge in [0, 0.05) is 5.75 Å². The molecule has 3 rings (SSSR count). The van der Waals surface area contributed by atoms with Crippen LogP contribution in [0, 0.1) is 13.8 Å². The fourth-order valence-corrected chi connectivity index (χ4v) is 3.34. The Bertz CT molecular complexity index is 614. The van der Waals surface area contributed by atoms with Crippen LogP contribution in [0.2, 0.25) is 0 Å². The average Bonchev–Trinajstić information content (AvgIpc) is 2.95. The summed E-state index contributed by atoms with van der Waals surface area (Å²) in [7, 11) is 0. The molecule has 1 saturated heterocycles. The van der Waals surface area contributed by atoms with E-state index in [9.17, 15) is 4.79 Å². The van der Waals surface area contributed by atoms with Crippen LogP contribution in [0.3, 0.4) is 0 Å². The summed E-state index contributed by atoms with van der Waals surface area (Å²) >= 11 is 1.57. The molecular formula is C13H15N3O2S. The minimum atomic E-state index is -0.808. The van der Waals surface area contributed by atoms with Crippen molar-refractivity contribution in [3.05, 3.63) is 29.1 Å². The lowest BCUT2D eigenvalue weighted by molar-refractivity contribution is -0.138. The summed E-state index contributed by atoms with van der Waals surface area (Å²) in [4.78, 5) is 18.8. The minimum absolute atomic E-state index is 0.0749. The van der Waals surface area contributed by atoms with E-state index in [1.165, 1.54) is 11.1 Å². The molecule has 1 aliphatic heterocycles. The van der Waals surface area contributed by atoms with Gasteiger partial charge in [0.15, 0.2) is 0 Å². The second-order valence-electron chi connectivity index (χ2n) is 4.85. The topological polar surface area (TPSA) is 78.0 Å². The van der Waals surface area contributed by atoms with Crippen molar-refractivity contribution in [2.45, 2.75) is 25.3 Å². The Morgan fingerprint density at radius 2 is 2.16 bits per heavy atom. The van der Waals surface area contributed by atoms with Gasteiger partial charge < -0.3 is 10.1 Å². The summed E-state index contributed by atoms with van der Waals surface area (Å²) < 4.78 is 0. The van der Waals surface area contributed by atoms with Crippen molar-refractivity contribution in [3.8, 4) is 0 Å². The third kappa shape index (κ3) is 2.21. The molecule has 0 radical (unpaired) electrons. The second-order valence-corrected chi connectivity index (χ2v) is 5.98. The quantitative estimate of drug-likeness (QED) is 0.782. The first-order valence-corrected chi connectivity index (χ1v) is 7.17. The number of aryl methyl sites for hydroxylation is 2. The normalized spacial score (nSPS) is 23.1. The number of aliphatic carboxylic acids is 1. The molecule has 19 heavy (non-hydrogen) atoms. The number of hydrogen-bond acceptors (Lipinski definition) is 4. The monoisotopic (exact) mass is 277 g/mol. The van der Waals surface area contributed by atoms with E-state index in [0.717, 1.165) is 16.9 Å². The highest BCUT2D eigenvalue weighted by atomic mass is 32.2. The number of H-pyrrole nitrogens is 1. The molecule has 2 atom stereocenters. The molecule has 0 bridgehead atoms. The van der Waals surface area contributed by atoms with Crippen molar-refractivity contribution >= 4 is 28.8 Å². The SMILES string of the molecule is Cc1cc2nc(C3NC(C(=O)O)CS3)[nH]c2cc1C. The lowest BCUT2D eigenvalue weighted by Gasteiger charge is -2.07. The van der Waals surface area contributed by atoms with Gasteiger partial charge in [0.05, 0.1) is 11.0 Å². The first-order chi connectivity index (χ1) is 9.04. The summed E-state index contributed by atoms with van der Waals surface area (Å²) in [5.41, 5.74) is 4.36. The van der Waals surface area contributed by atoms with Gasteiger partial charge in [0.25, 0.3) is 0 Å². The predicted octanol–water partition coefficient (Wildman–Crippen LogP) is 1.97. The van der Waals surface area contributed by atoms with Gasteiger partial charge in [-0.15, -0.1) is 11.8 Å². The van der Waals surface area contributed by atoms with Crippen LogP contribution in [0.5, 0.6) is 0 Å². The predicted molar refractivity (Wildman–Crippen MR) is 75.3 cm³/mol. The zero-order chi connectivity index (χ0) is 13.6. The standard InChI is InChI=1S/C13H15N3O2S/c1-6-3-8-9(4-7(6)2)15-11(14-8)12-16-10(5-19-12)13(17)18/h3-4,10,12,16H,5H2,1-2H3,(H,14,15)(H,17,18). The summed E-state index contributed by atoms with van der Waals surface area (Å²) in [6.07, 6.45) is 0. The highest BCUT2D eigenvalue weighted by Gasteiger charge is 2.32. The molecule has 0 spiro atoms. The van der Waals surface area contributed by atoms with Gasteiger partial charge in [-0.25, -0.2) is 4.98 Å². The van der Waals surface area contributed by atoms with Gasteiger partial charge >= 0.3 is 5.97 Å². The van der Waals surface area contributed by atoms with Crippen LogP contribution in [0.1, 0.15) is 22.3 Å². The molecule has 1 fully saturated rings. The zero-order valence-corrected chi connectivity index (χ0v) is 11.5. The number of carbonyl (C=O) groups is 1. The van der Waals surface area contributed by atoms with Crippen molar-refractivity contribution in [2.75, 3.05) is 5.75 Å². The Balaban J connectivity index is 1.92. The summed E-state index contributed by atoms with van der Waals surface area (Å²) in [6.45, 7) is 4.13. The van der Waals surface area contributed by atoms with Gasteiger partial charge in [-0.2, -0.15) is 0 Å². The van der Waals surface area contributed by atoms with Gasteiger partial charge in [0.1, 0.15) is 17.2 Å². The first kappa shape index (κ1) is 12.5. The van der Waals surface area contributed by atoms with Crippen LogP contribution < -0.4 is 5.32 Å². The molecule has 6 heteroatoms. The Morgan fingerprint density at radius 1 is 1.42 bits per heavy atom.